The number of ether oxygens (including phenoxy) is 1. The van der Waals surface area contributed by atoms with Gasteiger partial charge in [-0.05, 0) is 37.6 Å². The first kappa shape index (κ1) is 12.8. The van der Waals surface area contributed by atoms with Gasteiger partial charge in [0, 0.05) is 12.0 Å². The lowest BCUT2D eigenvalue weighted by atomic mass is 10.1. The molecule has 1 aromatic carbocycles. The van der Waals surface area contributed by atoms with Crippen LogP contribution >= 0.6 is 0 Å². The van der Waals surface area contributed by atoms with E-state index in [4.69, 9.17) is 4.74 Å². The van der Waals surface area contributed by atoms with E-state index in [2.05, 4.69) is 13.8 Å². The van der Waals surface area contributed by atoms with Crippen molar-refractivity contribution in [2.45, 2.75) is 46.1 Å². The molecule has 16 heavy (non-hydrogen) atoms. The fraction of sp³-hybridized carbons (Fsp3) is 0.500. The Labute approximate surface area is 97.6 Å². The molecule has 0 spiro atoms. The summed E-state index contributed by atoms with van der Waals surface area (Å²) in [4.78, 5) is 11.4. The summed E-state index contributed by atoms with van der Waals surface area (Å²) in [5.74, 6) is 1.02. The van der Waals surface area contributed by atoms with Crippen molar-refractivity contribution in [3.63, 3.8) is 0 Å². The monoisotopic (exact) mass is 220 g/mol. The van der Waals surface area contributed by atoms with E-state index in [1.54, 1.807) is 0 Å². The van der Waals surface area contributed by atoms with Crippen LogP contribution in [0.2, 0.25) is 0 Å². The molecule has 2 nitrogen and oxygen atoms in total. The van der Waals surface area contributed by atoms with Crippen molar-refractivity contribution in [1.29, 1.82) is 0 Å². The van der Waals surface area contributed by atoms with Crippen LogP contribution in [0.3, 0.4) is 0 Å². The first-order valence-corrected chi connectivity index (χ1v) is 5.97. The van der Waals surface area contributed by atoms with Crippen molar-refractivity contribution < 1.29 is 9.53 Å². The number of ketones is 1. The molecule has 0 saturated carbocycles. The van der Waals surface area contributed by atoms with Gasteiger partial charge in [0.2, 0.25) is 0 Å². The molecule has 1 aromatic rings. The molecular weight excluding hydrogens is 200 g/mol. The van der Waals surface area contributed by atoms with E-state index in [0.717, 1.165) is 24.2 Å². The van der Waals surface area contributed by atoms with Crippen LogP contribution in [0.15, 0.2) is 24.3 Å². The molecule has 0 bridgehead atoms. The van der Waals surface area contributed by atoms with Crippen LogP contribution in [-0.4, -0.2) is 11.9 Å². The van der Waals surface area contributed by atoms with E-state index in [-0.39, 0.29) is 11.9 Å². The van der Waals surface area contributed by atoms with Crippen LogP contribution in [0.1, 0.15) is 50.4 Å². The third-order valence-electron chi connectivity index (χ3n) is 2.53. The van der Waals surface area contributed by atoms with Gasteiger partial charge in [-0.3, -0.25) is 4.79 Å². The maximum Gasteiger partial charge on any atom is 0.162 e. The third kappa shape index (κ3) is 3.69. The molecule has 0 aliphatic rings. The lowest BCUT2D eigenvalue weighted by molar-refractivity contribution is 0.0988. The predicted molar refractivity (Wildman–Crippen MR) is 66.1 cm³/mol. The lowest BCUT2D eigenvalue weighted by Crippen LogP contribution is -2.10. The predicted octanol–water partition coefficient (Wildman–Crippen LogP) is 3.85. The average molecular weight is 220 g/mol. The van der Waals surface area contributed by atoms with E-state index in [1.807, 2.05) is 31.2 Å². The Morgan fingerprint density at radius 3 is 2.38 bits per heavy atom. The summed E-state index contributed by atoms with van der Waals surface area (Å²) in [6.07, 6.45) is 2.95. The van der Waals surface area contributed by atoms with Gasteiger partial charge in [0.25, 0.3) is 0 Å². The molecule has 2 heteroatoms. The molecule has 1 atom stereocenters. The Bertz CT molecular complexity index is 327. The second-order valence-corrected chi connectivity index (χ2v) is 4.02. The van der Waals surface area contributed by atoms with Gasteiger partial charge in [-0.2, -0.15) is 0 Å². The molecule has 0 aliphatic heterocycles. The maximum absolute atomic E-state index is 11.4. The zero-order valence-corrected chi connectivity index (χ0v) is 10.3. The van der Waals surface area contributed by atoms with Crippen molar-refractivity contribution >= 4 is 5.78 Å². The van der Waals surface area contributed by atoms with E-state index >= 15 is 0 Å². The molecule has 0 heterocycles. The molecule has 0 N–H and O–H groups in total. The minimum absolute atomic E-state index is 0.174. The highest BCUT2D eigenvalue weighted by Crippen LogP contribution is 2.16. The Hall–Kier alpha value is -1.31. The zero-order chi connectivity index (χ0) is 12.0. The van der Waals surface area contributed by atoms with Gasteiger partial charge in [0.05, 0.1) is 6.10 Å². The highest BCUT2D eigenvalue weighted by Gasteiger charge is 2.05. The molecule has 1 unspecified atom stereocenters. The standard InChI is InChI=1S/C14H20O2/c1-4-6-11(3)16-13-9-7-12(8-10-13)14(15)5-2/h7-11H,4-6H2,1-3H3. The SMILES string of the molecule is CCCC(C)Oc1ccc(C(=O)CC)cc1. The van der Waals surface area contributed by atoms with Crippen molar-refractivity contribution in [2.75, 3.05) is 0 Å². The highest BCUT2D eigenvalue weighted by atomic mass is 16.5. The number of hydrogen-bond donors (Lipinski definition) is 0. The number of carbonyl (C=O) groups is 1. The van der Waals surface area contributed by atoms with Crippen molar-refractivity contribution in [3.8, 4) is 5.75 Å². The van der Waals surface area contributed by atoms with Crippen LogP contribution in [0.25, 0.3) is 0 Å². The summed E-state index contributed by atoms with van der Waals surface area (Å²) in [6, 6.07) is 7.41. The minimum Gasteiger partial charge on any atom is -0.491 e. The maximum atomic E-state index is 11.4. The number of hydrogen-bond acceptors (Lipinski definition) is 2. The van der Waals surface area contributed by atoms with Crippen LogP contribution in [0.4, 0.5) is 0 Å². The Morgan fingerprint density at radius 2 is 1.88 bits per heavy atom. The van der Waals surface area contributed by atoms with Gasteiger partial charge in [0.15, 0.2) is 5.78 Å². The summed E-state index contributed by atoms with van der Waals surface area (Å²) in [5.41, 5.74) is 0.762. The second-order valence-electron chi connectivity index (χ2n) is 4.02. The summed E-state index contributed by atoms with van der Waals surface area (Å²) >= 11 is 0. The second kappa shape index (κ2) is 6.31. The van der Waals surface area contributed by atoms with Crippen LogP contribution in [0, 0.1) is 0 Å². The third-order valence-corrected chi connectivity index (χ3v) is 2.53. The van der Waals surface area contributed by atoms with Gasteiger partial charge in [-0.15, -0.1) is 0 Å². The molecule has 0 amide bonds. The Kier molecular flexibility index (Phi) is 5.03. The first-order chi connectivity index (χ1) is 7.67. The largest absolute Gasteiger partial charge is 0.491 e. The number of benzene rings is 1. The van der Waals surface area contributed by atoms with Crippen LogP contribution in [0.5, 0.6) is 5.75 Å². The summed E-state index contributed by atoms with van der Waals surface area (Å²) < 4.78 is 5.71. The lowest BCUT2D eigenvalue weighted by Gasteiger charge is -2.13. The fourth-order valence-corrected chi connectivity index (χ4v) is 1.62. The molecule has 88 valence electrons. The summed E-state index contributed by atoms with van der Waals surface area (Å²) in [6.45, 7) is 6.08. The molecule has 1 rings (SSSR count). The van der Waals surface area contributed by atoms with Crippen LogP contribution < -0.4 is 4.74 Å². The molecule has 0 radical (unpaired) electrons. The van der Waals surface area contributed by atoms with E-state index in [9.17, 15) is 4.79 Å². The van der Waals surface area contributed by atoms with Gasteiger partial charge < -0.3 is 4.74 Å². The Morgan fingerprint density at radius 1 is 1.25 bits per heavy atom. The van der Waals surface area contributed by atoms with E-state index in [0.29, 0.717) is 6.42 Å². The van der Waals surface area contributed by atoms with Gasteiger partial charge in [-0.1, -0.05) is 20.3 Å². The quantitative estimate of drug-likeness (QED) is 0.681. The van der Waals surface area contributed by atoms with Gasteiger partial charge >= 0.3 is 0 Å². The van der Waals surface area contributed by atoms with Crippen molar-refractivity contribution in [2.24, 2.45) is 0 Å². The first-order valence-electron chi connectivity index (χ1n) is 5.97. The molecular formula is C14H20O2. The number of carbonyl (C=O) groups excluding carboxylic acids is 1. The highest BCUT2D eigenvalue weighted by molar-refractivity contribution is 5.95. The van der Waals surface area contributed by atoms with Gasteiger partial charge in [0.1, 0.15) is 5.75 Å². The zero-order valence-electron chi connectivity index (χ0n) is 10.3. The summed E-state index contributed by atoms with van der Waals surface area (Å²) in [5, 5.41) is 0. The molecule has 0 saturated heterocycles. The Balaban J connectivity index is 2.61. The van der Waals surface area contributed by atoms with Crippen molar-refractivity contribution in [3.05, 3.63) is 29.8 Å². The van der Waals surface area contributed by atoms with Crippen molar-refractivity contribution in [1.82, 2.24) is 0 Å². The average Bonchev–Trinajstić information content (AvgIpc) is 2.29. The number of Topliss-reactive ketones (excluding diaryl/α,β-unsaturated/α-hetero) is 1. The molecule has 0 fully saturated rings. The van der Waals surface area contributed by atoms with Crippen LogP contribution in [-0.2, 0) is 0 Å². The van der Waals surface area contributed by atoms with Gasteiger partial charge in [-0.25, -0.2) is 0 Å². The minimum atomic E-state index is 0.174. The van der Waals surface area contributed by atoms with E-state index in [1.165, 1.54) is 0 Å². The molecule has 0 aliphatic carbocycles. The van der Waals surface area contributed by atoms with E-state index < -0.39 is 0 Å². The molecule has 0 aromatic heterocycles. The topological polar surface area (TPSA) is 26.3 Å². The number of rotatable bonds is 6. The summed E-state index contributed by atoms with van der Waals surface area (Å²) in [7, 11) is 0. The fourth-order valence-electron chi connectivity index (χ4n) is 1.62. The normalized spacial score (nSPS) is 12.2. The smallest absolute Gasteiger partial charge is 0.162 e.